The second kappa shape index (κ2) is 8.64. The normalized spacial score (nSPS) is 12.3. The molecule has 1 aromatic carbocycles. The van der Waals surface area contributed by atoms with Crippen molar-refractivity contribution in [2.24, 2.45) is 0 Å². The number of ether oxygens (including phenoxy) is 1. The summed E-state index contributed by atoms with van der Waals surface area (Å²) in [5.74, 6) is -0.823. The van der Waals surface area contributed by atoms with Gasteiger partial charge in [-0.3, -0.25) is 4.79 Å². The van der Waals surface area contributed by atoms with Crippen molar-refractivity contribution in [1.82, 2.24) is 9.88 Å². The van der Waals surface area contributed by atoms with Crippen LogP contribution in [0.3, 0.4) is 0 Å². The fourth-order valence-electron chi connectivity index (χ4n) is 2.71. The molecule has 1 atom stereocenters. The van der Waals surface area contributed by atoms with Crippen LogP contribution in [0.5, 0.6) is 0 Å². The van der Waals surface area contributed by atoms with Gasteiger partial charge in [0.1, 0.15) is 5.01 Å². The van der Waals surface area contributed by atoms with Gasteiger partial charge in [-0.05, 0) is 46.8 Å². The average Bonchev–Trinajstić information content (AvgIpc) is 3.04. The van der Waals surface area contributed by atoms with Crippen LogP contribution in [0.4, 0.5) is 0 Å². The molecule has 0 aliphatic heterocycles. The van der Waals surface area contributed by atoms with Crippen LogP contribution in [-0.4, -0.2) is 39.9 Å². The molecule has 7 heteroatoms. The van der Waals surface area contributed by atoms with Gasteiger partial charge in [0.05, 0.1) is 0 Å². The van der Waals surface area contributed by atoms with Gasteiger partial charge >= 0.3 is 5.97 Å². The van der Waals surface area contributed by atoms with Crippen molar-refractivity contribution >= 4 is 34.8 Å². The minimum Gasteiger partial charge on any atom is -0.448 e. The Hall–Kier alpha value is -1.92. The van der Waals surface area contributed by atoms with E-state index in [-0.39, 0.29) is 23.7 Å². The summed E-state index contributed by atoms with van der Waals surface area (Å²) in [7, 11) is 0. The van der Waals surface area contributed by atoms with E-state index in [1.807, 2.05) is 39.8 Å². The Bertz CT molecular complexity index is 781. The molecule has 0 saturated heterocycles. The fraction of sp³-hybridized carbons (Fsp3) is 0.421. The summed E-state index contributed by atoms with van der Waals surface area (Å²) in [6.07, 6.45) is -0.872. The Morgan fingerprint density at radius 1 is 1.15 bits per heavy atom. The lowest BCUT2D eigenvalue weighted by Crippen LogP contribution is -2.47. The van der Waals surface area contributed by atoms with E-state index in [1.54, 1.807) is 29.3 Å². The zero-order chi connectivity index (χ0) is 19.4. The number of amides is 1. The molecule has 0 radical (unpaired) electrons. The number of aromatic nitrogens is 1. The van der Waals surface area contributed by atoms with Gasteiger partial charge in [0.2, 0.25) is 0 Å². The maximum atomic E-state index is 12.6. The van der Waals surface area contributed by atoms with Gasteiger partial charge in [-0.1, -0.05) is 23.7 Å². The maximum Gasteiger partial charge on any atom is 0.358 e. The molecular formula is C19H23ClN2O3S. The Balaban J connectivity index is 2.09. The molecule has 140 valence electrons. The highest BCUT2D eigenvalue weighted by atomic mass is 35.5. The first-order valence-electron chi connectivity index (χ1n) is 8.45. The van der Waals surface area contributed by atoms with Gasteiger partial charge < -0.3 is 9.64 Å². The number of nitrogens with zero attached hydrogens (tertiary/aromatic N) is 2. The number of rotatable bonds is 6. The van der Waals surface area contributed by atoms with E-state index in [9.17, 15) is 9.59 Å². The number of hydrogen-bond donors (Lipinski definition) is 0. The van der Waals surface area contributed by atoms with Crippen molar-refractivity contribution in [3.63, 3.8) is 0 Å². The highest BCUT2D eigenvalue weighted by Crippen LogP contribution is 2.26. The molecule has 1 aromatic heterocycles. The zero-order valence-corrected chi connectivity index (χ0v) is 17.1. The Kier molecular flexibility index (Phi) is 6.78. The highest BCUT2D eigenvalue weighted by molar-refractivity contribution is 7.13. The maximum absolute atomic E-state index is 12.6. The number of esters is 1. The lowest BCUT2D eigenvalue weighted by atomic mass is 10.2. The third-order valence-corrected chi connectivity index (χ3v) is 4.91. The van der Waals surface area contributed by atoms with Crippen LogP contribution in [0.2, 0.25) is 5.02 Å². The largest absolute Gasteiger partial charge is 0.448 e. The van der Waals surface area contributed by atoms with E-state index >= 15 is 0 Å². The summed E-state index contributed by atoms with van der Waals surface area (Å²) in [4.78, 5) is 30.9. The van der Waals surface area contributed by atoms with Gasteiger partial charge in [-0.25, -0.2) is 9.78 Å². The first-order chi connectivity index (χ1) is 12.2. The smallest absolute Gasteiger partial charge is 0.358 e. The Labute approximate surface area is 162 Å². The molecular weight excluding hydrogens is 372 g/mol. The molecule has 0 unspecified atom stereocenters. The molecule has 0 aliphatic rings. The molecule has 2 aromatic rings. The SMILES string of the molecule is CC(C)N(C(=O)[C@H](C)OC(=O)c1csc(-c2cccc(Cl)c2)n1)C(C)C. The molecule has 0 aliphatic carbocycles. The van der Waals surface area contributed by atoms with E-state index in [2.05, 4.69) is 4.98 Å². The fourth-order valence-corrected chi connectivity index (χ4v) is 3.68. The molecule has 0 spiro atoms. The summed E-state index contributed by atoms with van der Waals surface area (Å²) in [5, 5.41) is 2.89. The number of thiazole rings is 1. The van der Waals surface area contributed by atoms with Crippen LogP contribution in [0.25, 0.3) is 10.6 Å². The minimum absolute atomic E-state index is 0.0253. The average molecular weight is 395 g/mol. The van der Waals surface area contributed by atoms with Gasteiger partial charge in [0, 0.05) is 28.0 Å². The van der Waals surface area contributed by atoms with Crippen LogP contribution in [0, 0.1) is 0 Å². The van der Waals surface area contributed by atoms with Crippen molar-refractivity contribution in [3.05, 3.63) is 40.4 Å². The van der Waals surface area contributed by atoms with Crippen molar-refractivity contribution in [3.8, 4) is 10.6 Å². The number of benzene rings is 1. The third kappa shape index (κ3) is 4.83. The summed E-state index contributed by atoms with van der Waals surface area (Å²) in [6.45, 7) is 9.32. The molecule has 26 heavy (non-hydrogen) atoms. The quantitative estimate of drug-likeness (QED) is 0.669. The van der Waals surface area contributed by atoms with E-state index in [4.69, 9.17) is 16.3 Å². The molecule has 2 rings (SSSR count). The van der Waals surface area contributed by atoms with E-state index in [0.717, 1.165) is 5.56 Å². The van der Waals surface area contributed by atoms with Crippen molar-refractivity contribution in [1.29, 1.82) is 0 Å². The third-order valence-electron chi connectivity index (χ3n) is 3.78. The zero-order valence-electron chi connectivity index (χ0n) is 15.5. The van der Waals surface area contributed by atoms with Crippen LogP contribution in [0.15, 0.2) is 29.6 Å². The number of carbonyl (C=O) groups excluding carboxylic acids is 2. The van der Waals surface area contributed by atoms with Gasteiger partial charge in [-0.2, -0.15) is 0 Å². The minimum atomic E-state index is -0.872. The van der Waals surface area contributed by atoms with Gasteiger partial charge in [0.25, 0.3) is 5.91 Å². The summed E-state index contributed by atoms with van der Waals surface area (Å²) < 4.78 is 5.34. The standard InChI is InChI=1S/C19H23ClN2O3S/c1-11(2)22(12(3)4)18(23)13(5)25-19(24)16-10-26-17(21-16)14-7-6-8-15(20)9-14/h6-13H,1-5H3/t13-/m0/s1. The van der Waals surface area contributed by atoms with E-state index in [1.165, 1.54) is 11.3 Å². The van der Waals surface area contributed by atoms with Crippen LogP contribution >= 0.6 is 22.9 Å². The van der Waals surface area contributed by atoms with Crippen LogP contribution in [0.1, 0.15) is 45.1 Å². The van der Waals surface area contributed by atoms with Crippen molar-refractivity contribution in [2.45, 2.75) is 52.8 Å². The number of carbonyl (C=O) groups is 2. The monoisotopic (exact) mass is 394 g/mol. The molecule has 0 fully saturated rings. The summed E-state index contributed by atoms with van der Waals surface area (Å²) in [6, 6.07) is 7.30. The first-order valence-corrected chi connectivity index (χ1v) is 9.71. The molecule has 5 nitrogen and oxygen atoms in total. The molecule has 0 bridgehead atoms. The Morgan fingerprint density at radius 3 is 2.38 bits per heavy atom. The second-order valence-electron chi connectivity index (χ2n) is 6.53. The predicted octanol–water partition coefficient (Wildman–Crippen LogP) is 4.65. The highest BCUT2D eigenvalue weighted by Gasteiger charge is 2.28. The second-order valence-corrected chi connectivity index (χ2v) is 7.82. The van der Waals surface area contributed by atoms with Crippen molar-refractivity contribution in [2.75, 3.05) is 0 Å². The summed E-state index contributed by atoms with van der Waals surface area (Å²) in [5.41, 5.74) is 1.02. The lowest BCUT2D eigenvalue weighted by molar-refractivity contribution is -0.143. The molecule has 0 N–H and O–H groups in total. The van der Waals surface area contributed by atoms with Crippen molar-refractivity contribution < 1.29 is 14.3 Å². The predicted molar refractivity (Wildman–Crippen MR) is 105 cm³/mol. The van der Waals surface area contributed by atoms with Gasteiger partial charge in [0.15, 0.2) is 11.8 Å². The van der Waals surface area contributed by atoms with E-state index in [0.29, 0.717) is 10.0 Å². The topological polar surface area (TPSA) is 59.5 Å². The number of hydrogen-bond acceptors (Lipinski definition) is 5. The number of halogens is 1. The first kappa shape index (κ1) is 20.4. The molecule has 0 saturated carbocycles. The molecule has 1 heterocycles. The van der Waals surface area contributed by atoms with Crippen LogP contribution < -0.4 is 0 Å². The molecule has 1 amide bonds. The lowest BCUT2D eigenvalue weighted by Gasteiger charge is -2.32. The Morgan fingerprint density at radius 2 is 1.81 bits per heavy atom. The van der Waals surface area contributed by atoms with E-state index < -0.39 is 12.1 Å². The summed E-state index contributed by atoms with van der Waals surface area (Å²) >= 11 is 7.32. The van der Waals surface area contributed by atoms with Crippen LogP contribution in [-0.2, 0) is 9.53 Å². The van der Waals surface area contributed by atoms with Gasteiger partial charge in [-0.15, -0.1) is 11.3 Å².